The lowest BCUT2D eigenvalue weighted by Gasteiger charge is -2.31. The number of pyridine rings is 1. The lowest BCUT2D eigenvalue weighted by molar-refractivity contribution is 0.0525. The summed E-state index contributed by atoms with van der Waals surface area (Å²) >= 11 is 0. The average molecular weight is 587 g/mol. The van der Waals surface area contributed by atoms with Crippen LogP contribution in [0.2, 0.25) is 0 Å². The van der Waals surface area contributed by atoms with Gasteiger partial charge in [0, 0.05) is 13.1 Å². The molecule has 2 aliphatic rings. The van der Waals surface area contributed by atoms with E-state index >= 15 is 0 Å². The van der Waals surface area contributed by atoms with Crippen molar-refractivity contribution in [1.82, 2.24) is 19.7 Å². The van der Waals surface area contributed by atoms with E-state index in [1.807, 2.05) is 25.1 Å². The number of carboxylic acid groups (broad SMARTS) is 1. The summed E-state index contributed by atoms with van der Waals surface area (Å²) in [5.41, 5.74) is 7.11. The number of allylic oxidation sites excluding steroid dienone is 1. The summed E-state index contributed by atoms with van der Waals surface area (Å²) in [6, 6.07) is 12.3. The number of carbonyl (C=O) groups excluding carboxylic acids is 1. The van der Waals surface area contributed by atoms with Crippen LogP contribution in [0.3, 0.4) is 0 Å². The van der Waals surface area contributed by atoms with Gasteiger partial charge in [-0.2, -0.15) is 5.10 Å². The van der Waals surface area contributed by atoms with Crippen LogP contribution in [-0.2, 0) is 11.2 Å². The van der Waals surface area contributed by atoms with Crippen LogP contribution >= 0.6 is 0 Å². The zero-order valence-electron chi connectivity index (χ0n) is 25.6. The summed E-state index contributed by atoms with van der Waals surface area (Å²) in [4.78, 5) is 30.2. The van der Waals surface area contributed by atoms with Gasteiger partial charge in [0.25, 0.3) is 0 Å². The summed E-state index contributed by atoms with van der Waals surface area (Å²) in [6.07, 6.45) is 6.44. The predicted molar refractivity (Wildman–Crippen MR) is 165 cm³/mol. The van der Waals surface area contributed by atoms with Crippen LogP contribution in [0.15, 0.2) is 48.2 Å². The molecule has 1 amide bonds. The van der Waals surface area contributed by atoms with Crippen LogP contribution in [0.4, 0.5) is 4.79 Å². The fourth-order valence-corrected chi connectivity index (χ4v) is 6.42. The molecule has 9 heteroatoms. The van der Waals surface area contributed by atoms with Crippen molar-refractivity contribution in [2.24, 2.45) is 5.92 Å². The Kier molecular flexibility index (Phi) is 9.48. The molecule has 0 saturated carbocycles. The molecule has 9 nitrogen and oxygen atoms in total. The van der Waals surface area contributed by atoms with E-state index in [9.17, 15) is 14.7 Å². The van der Waals surface area contributed by atoms with Crippen molar-refractivity contribution < 1.29 is 24.2 Å². The maximum absolute atomic E-state index is 12.3. The summed E-state index contributed by atoms with van der Waals surface area (Å²) in [5, 5.41) is 13.7. The molecule has 1 aliphatic carbocycles. The molecule has 1 fully saturated rings. The average Bonchev–Trinajstić information content (AvgIpc) is 3.41. The van der Waals surface area contributed by atoms with Crippen molar-refractivity contribution in [3.8, 4) is 11.6 Å². The first-order chi connectivity index (χ1) is 20.8. The predicted octanol–water partition coefficient (Wildman–Crippen LogP) is 6.82. The highest BCUT2D eigenvalue weighted by molar-refractivity contribution is 5.90. The molecular formula is C34H42N4O5. The van der Waals surface area contributed by atoms with Gasteiger partial charge in [0.1, 0.15) is 17.9 Å². The number of esters is 1. The van der Waals surface area contributed by atoms with Gasteiger partial charge in [0.2, 0.25) is 0 Å². The van der Waals surface area contributed by atoms with Gasteiger partial charge in [-0.15, -0.1) is 0 Å². The number of ether oxygens (including phenoxy) is 2. The number of hydrogen-bond acceptors (Lipinski definition) is 6. The Balaban J connectivity index is 1.36. The number of amides is 1. The Morgan fingerprint density at radius 1 is 1.09 bits per heavy atom. The fourth-order valence-electron chi connectivity index (χ4n) is 6.42. The third-order valence-electron chi connectivity index (χ3n) is 8.91. The zero-order valence-corrected chi connectivity index (χ0v) is 25.6. The van der Waals surface area contributed by atoms with E-state index in [0.717, 1.165) is 50.0 Å². The highest BCUT2D eigenvalue weighted by Gasteiger charge is 2.26. The first kappa shape index (κ1) is 30.3. The Labute approximate surface area is 253 Å². The molecule has 1 aliphatic heterocycles. The van der Waals surface area contributed by atoms with Crippen LogP contribution in [0.25, 0.3) is 11.4 Å². The number of hydrogen-bond donors (Lipinski definition) is 1. The molecule has 0 bridgehead atoms. The number of aryl methyl sites for hydroxylation is 1. The van der Waals surface area contributed by atoms with Gasteiger partial charge in [0.15, 0.2) is 5.82 Å². The topological polar surface area (TPSA) is 107 Å². The Morgan fingerprint density at radius 2 is 1.88 bits per heavy atom. The summed E-state index contributed by atoms with van der Waals surface area (Å²) in [7, 11) is 0. The van der Waals surface area contributed by atoms with Crippen LogP contribution in [0, 0.1) is 12.8 Å². The van der Waals surface area contributed by atoms with Crippen molar-refractivity contribution in [1.29, 1.82) is 0 Å². The second-order valence-electron chi connectivity index (χ2n) is 11.5. The second kappa shape index (κ2) is 13.4. The van der Waals surface area contributed by atoms with Crippen LogP contribution in [-0.4, -0.2) is 63.1 Å². The SMILES string of the molecule is CCOC(=O)c1cnn(-c2cccc(C3=C(COc4ccc(C5CCN(C(=O)O)CC5)c(CC)c4)C(C)CCC3)n2)c1C. The Hall–Kier alpha value is -4.14. The van der Waals surface area contributed by atoms with E-state index in [1.165, 1.54) is 33.4 Å². The van der Waals surface area contributed by atoms with Gasteiger partial charge in [-0.05, 0) is 111 Å². The minimum absolute atomic E-state index is 0.312. The molecule has 1 saturated heterocycles. The second-order valence-corrected chi connectivity index (χ2v) is 11.5. The maximum Gasteiger partial charge on any atom is 0.407 e. The number of aromatic nitrogens is 3. The van der Waals surface area contributed by atoms with Crippen LogP contribution < -0.4 is 4.74 Å². The highest BCUT2D eigenvalue weighted by atomic mass is 16.5. The highest BCUT2D eigenvalue weighted by Crippen LogP contribution is 2.37. The smallest absolute Gasteiger partial charge is 0.407 e. The molecule has 228 valence electrons. The minimum atomic E-state index is -0.829. The number of rotatable bonds is 9. The molecule has 3 heterocycles. The van der Waals surface area contributed by atoms with Gasteiger partial charge in [-0.25, -0.2) is 19.3 Å². The minimum Gasteiger partial charge on any atom is -0.489 e. The Bertz CT molecular complexity index is 1500. The summed E-state index contributed by atoms with van der Waals surface area (Å²) < 4.78 is 13.3. The van der Waals surface area contributed by atoms with E-state index in [1.54, 1.807) is 11.6 Å². The molecule has 0 spiro atoms. The molecule has 43 heavy (non-hydrogen) atoms. The number of benzene rings is 1. The van der Waals surface area contributed by atoms with E-state index in [0.29, 0.717) is 55.2 Å². The van der Waals surface area contributed by atoms with E-state index in [2.05, 4.69) is 37.1 Å². The summed E-state index contributed by atoms with van der Waals surface area (Å²) in [5.74, 6) is 1.88. The standard InChI is InChI=1S/C34H42N4O5/c1-5-24-19-26(13-14-27(24)25-15-17-37(18-16-25)34(40)41)43-21-30-22(3)9-7-10-28(30)31-11-8-12-32(36-31)38-23(4)29(20-35-38)33(39)42-6-2/h8,11-14,19-20,22,25H,5-7,9-10,15-18,21H2,1-4H3,(H,40,41). The van der Waals surface area contributed by atoms with Gasteiger partial charge in [-0.3, -0.25) is 0 Å². The lowest BCUT2D eigenvalue weighted by Crippen LogP contribution is -2.36. The van der Waals surface area contributed by atoms with Gasteiger partial charge < -0.3 is 19.5 Å². The molecule has 3 aromatic rings. The molecule has 1 atom stereocenters. The molecule has 1 aromatic carbocycles. The molecule has 0 radical (unpaired) electrons. The lowest BCUT2D eigenvalue weighted by atomic mass is 9.82. The first-order valence-electron chi connectivity index (χ1n) is 15.5. The zero-order chi connectivity index (χ0) is 30.5. The van der Waals surface area contributed by atoms with Gasteiger partial charge >= 0.3 is 12.1 Å². The van der Waals surface area contributed by atoms with Crippen molar-refractivity contribution in [3.63, 3.8) is 0 Å². The van der Waals surface area contributed by atoms with E-state index < -0.39 is 6.09 Å². The number of nitrogens with zero attached hydrogens (tertiary/aromatic N) is 4. The first-order valence-corrected chi connectivity index (χ1v) is 15.5. The number of carbonyl (C=O) groups is 2. The normalized spacial score (nSPS) is 17.7. The fraction of sp³-hybridized carbons (Fsp3) is 0.471. The van der Waals surface area contributed by atoms with Crippen LogP contribution in [0.5, 0.6) is 5.75 Å². The molecular weight excluding hydrogens is 544 g/mol. The summed E-state index contributed by atoms with van der Waals surface area (Å²) in [6.45, 7) is 10.0. The van der Waals surface area contributed by atoms with Crippen molar-refractivity contribution >= 4 is 17.6 Å². The van der Waals surface area contributed by atoms with Crippen molar-refractivity contribution in [3.05, 3.63) is 76.2 Å². The molecule has 1 N–H and O–H groups in total. The van der Waals surface area contributed by atoms with Gasteiger partial charge in [-0.1, -0.05) is 26.0 Å². The van der Waals surface area contributed by atoms with E-state index in [-0.39, 0.29) is 5.97 Å². The maximum atomic E-state index is 12.3. The largest absolute Gasteiger partial charge is 0.489 e. The van der Waals surface area contributed by atoms with E-state index in [4.69, 9.17) is 14.5 Å². The quantitative estimate of drug-likeness (QED) is 0.274. The molecule has 5 rings (SSSR count). The monoisotopic (exact) mass is 586 g/mol. The van der Waals surface area contributed by atoms with Gasteiger partial charge in [0.05, 0.1) is 24.2 Å². The van der Waals surface area contributed by atoms with Crippen LogP contribution in [0.1, 0.15) is 91.7 Å². The molecule has 1 unspecified atom stereocenters. The third kappa shape index (κ3) is 6.60. The number of likely N-dealkylation sites (tertiary alicyclic amines) is 1. The van der Waals surface area contributed by atoms with Crippen molar-refractivity contribution in [2.75, 3.05) is 26.3 Å². The van der Waals surface area contributed by atoms with Crippen molar-refractivity contribution in [2.45, 2.75) is 72.1 Å². The Morgan fingerprint density at radius 3 is 2.60 bits per heavy atom. The number of piperidine rings is 1. The molecule has 2 aromatic heterocycles. The third-order valence-corrected chi connectivity index (χ3v) is 8.91.